The Morgan fingerprint density at radius 3 is 1.60 bits per heavy atom. The minimum Gasteiger partial charge on any atom is -0.481 e. The Bertz CT molecular complexity index is 2250. The predicted molar refractivity (Wildman–Crippen MR) is 256 cm³/mol. The minimum atomic E-state index is -0.682. The smallest absolute Gasteiger partial charge is 0.306 e. The molecule has 0 spiro atoms. The van der Waals surface area contributed by atoms with Crippen LogP contribution >= 0.6 is 0 Å². The molecule has 4 fully saturated rings. The second-order valence-corrected chi connectivity index (χ2v) is 17.5. The number of ketones is 1. The number of aromatic nitrogens is 2. The third-order valence-corrected chi connectivity index (χ3v) is 12.9. The SMILES string of the molecule is Cc1nc2ccc(N(C)C)cc2c(=O)n1C(c1ccccc1)C1CCOCC1.NC(c1ccccc1)C1CCOCC1.O=C(O)C1CCOCC1.O=C(c1ccccc1)C1CCOCC1. The molecular weight excluding hydrogens is 821 g/mol. The number of ether oxygens (including phenoxy) is 4. The number of anilines is 1. The van der Waals surface area contributed by atoms with Crippen LogP contribution in [0.1, 0.15) is 90.8 Å². The molecule has 0 amide bonds. The normalized spacial score (nSPS) is 18.3. The fraction of sp³-hybridized carbons (Fsp3) is 0.472. The molecule has 4 aromatic carbocycles. The number of carboxylic acid groups (broad SMARTS) is 1. The minimum absolute atomic E-state index is 0.0301. The fourth-order valence-electron chi connectivity index (χ4n) is 8.98. The number of carbonyl (C=O) groups is 2. The van der Waals surface area contributed by atoms with Crippen molar-refractivity contribution < 1.29 is 33.6 Å². The van der Waals surface area contributed by atoms with Crippen LogP contribution in [0.25, 0.3) is 10.9 Å². The molecule has 2 unspecified atom stereocenters. The topological polar surface area (TPSA) is 155 Å². The lowest BCUT2D eigenvalue weighted by Gasteiger charge is -2.33. The molecular formula is C53H68N4O8. The molecule has 12 heteroatoms. The summed E-state index contributed by atoms with van der Waals surface area (Å²) in [5, 5.41) is 9.15. The van der Waals surface area contributed by atoms with Gasteiger partial charge in [0.05, 0.1) is 22.9 Å². The second kappa shape index (κ2) is 25.5. The summed E-state index contributed by atoms with van der Waals surface area (Å²) in [7, 11) is 3.96. The van der Waals surface area contributed by atoms with Gasteiger partial charge >= 0.3 is 5.97 Å². The van der Waals surface area contributed by atoms with Gasteiger partial charge in [0.1, 0.15) is 5.82 Å². The van der Waals surface area contributed by atoms with Crippen molar-refractivity contribution in [2.24, 2.45) is 29.4 Å². The average Bonchev–Trinajstić information content (AvgIpc) is 3.37. The van der Waals surface area contributed by atoms with Crippen molar-refractivity contribution in [3.05, 3.63) is 142 Å². The van der Waals surface area contributed by atoms with Crippen LogP contribution in [0, 0.1) is 30.6 Å². The number of hydrogen-bond acceptors (Lipinski definition) is 10. The van der Waals surface area contributed by atoms with Crippen molar-refractivity contribution in [3.8, 4) is 0 Å². The lowest BCUT2D eigenvalue weighted by molar-refractivity contribution is -0.144. The van der Waals surface area contributed by atoms with E-state index in [1.165, 1.54) is 5.56 Å². The Morgan fingerprint density at radius 2 is 1.11 bits per heavy atom. The van der Waals surface area contributed by atoms with Gasteiger partial charge < -0.3 is 34.7 Å². The first-order chi connectivity index (χ1) is 31.6. The Labute approximate surface area is 384 Å². The highest BCUT2D eigenvalue weighted by molar-refractivity contribution is 5.97. The third kappa shape index (κ3) is 14.1. The van der Waals surface area contributed by atoms with Crippen LogP contribution < -0.4 is 16.2 Å². The van der Waals surface area contributed by atoms with Crippen molar-refractivity contribution >= 4 is 28.3 Å². The summed E-state index contributed by atoms with van der Waals surface area (Å²) >= 11 is 0. The van der Waals surface area contributed by atoms with Gasteiger partial charge in [-0.2, -0.15) is 0 Å². The Balaban J connectivity index is 0.000000159. The van der Waals surface area contributed by atoms with Crippen molar-refractivity contribution in [1.82, 2.24) is 9.55 Å². The molecule has 5 heterocycles. The first-order valence-electron chi connectivity index (χ1n) is 23.3. The maximum atomic E-state index is 13.7. The van der Waals surface area contributed by atoms with Crippen LogP contribution in [0.2, 0.25) is 0 Å². The molecule has 0 saturated carbocycles. The maximum Gasteiger partial charge on any atom is 0.306 e. The number of rotatable bonds is 9. The predicted octanol–water partition coefficient (Wildman–Crippen LogP) is 8.69. The van der Waals surface area contributed by atoms with Gasteiger partial charge in [-0.25, -0.2) is 4.98 Å². The molecule has 12 nitrogen and oxygen atoms in total. The summed E-state index contributed by atoms with van der Waals surface area (Å²) in [4.78, 5) is 42.7. The van der Waals surface area contributed by atoms with E-state index in [1.54, 1.807) is 0 Å². The summed E-state index contributed by atoms with van der Waals surface area (Å²) in [6.07, 6.45) is 7.17. The number of hydrogen-bond donors (Lipinski definition) is 2. The second-order valence-electron chi connectivity index (χ2n) is 17.5. The van der Waals surface area contributed by atoms with Gasteiger partial charge in [-0.1, -0.05) is 91.0 Å². The summed E-state index contributed by atoms with van der Waals surface area (Å²) in [6.45, 7) is 7.83. The first-order valence-corrected chi connectivity index (χ1v) is 23.3. The lowest BCUT2D eigenvalue weighted by Crippen LogP contribution is -2.35. The molecule has 4 saturated heterocycles. The Morgan fingerprint density at radius 1 is 0.646 bits per heavy atom. The van der Waals surface area contributed by atoms with Gasteiger partial charge in [0.25, 0.3) is 5.56 Å². The third-order valence-electron chi connectivity index (χ3n) is 12.9. The van der Waals surface area contributed by atoms with Gasteiger partial charge in [0.2, 0.25) is 0 Å². The van der Waals surface area contributed by atoms with Gasteiger partial charge in [-0.15, -0.1) is 0 Å². The van der Waals surface area contributed by atoms with E-state index in [0.717, 1.165) is 106 Å². The van der Waals surface area contributed by atoms with Crippen LogP contribution in [0.3, 0.4) is 0 Å². The highest BCUT2D eigenvalue weighted by atomic mass is 16.5. The number of nitrogens with zero attached hydrogens (tertiary/aromatic N) is 3. The monoisotopic (exact) mass is 889 g/mol. The highest BCUT2D eigenvalue weighted by Crippen LogP contribution is 2.34. The molecule has 4 aliphatic heterocycles. The highest BCUT2D eigenvalue weighted by Gasteiger charge is 2.30. The quantitative estimate of drug-likeness (QED) is 0.137. The van der Waals surface area contributed by atoms with Gasteiger partial charge in [0, 0.05) is 90.2 Å². The zero-order valence-electron chi connectivity index (χ0n) is 38.4. The van der Waals surface area contributed by atoms with Crippen molar-refractivity contribution in [2.75, 3.05) is 71.9 Å². The molecule has 1 aromatic heterocycles. The number of benzene rings is 4. The molecule has 0 radical (unpaired) electrons. The van der Waals surface area contributed by atoms with E-state index in [1.807, 2.05) is 103 Å². The molecule has 0 aliphatic carbocycles. The van der Waals surface area contributed by atoms with Crippen LogP contribution in [0.15, 0.2) is 114 Å². The van der Waals surface area contributed by atoms with E-state index in [2.05, 4.69) is 36.4 Å². The fourth-order valence-corrected chi connectivity index (χ4v) is 8.98. The molecule has 65 heavy (non-hydrogen) atoms. The van der Waals surface area contributed by atoms with Crippen molar-refractivity contribution in [2.45, 2.75) is 70.4 Å². The van der Waals surface area contributed by atoms with Crippen LogP contribution in [0.4, 0.5) is 5.69 Å². The van der Waals surface area contributed by atoms with Gasteiger partial charge in [0.15, 0.2) is 5.78 Å². The average molecular weight is 889 g/mol. The summed E-state index contributed by atoms with van der Waals surface area (Å²) in [6, 6.07) is 36.3. The zero-order chi connectivity index (χ0) is 46.0. The molecule has 0 bridgehead atoms. The van der Waals surface area contributed by atoms with Crippen LogP contribution in [-0.2, 0) is 23.7 Å². The lowest BCUT2D eigenvalue weighted by atomic mass is 9.86. The number of aliphatic carboxylic acids is 1. The number of fused-ring (bicyclic) bond motifs is 1. The van der Waals surface area contributed by atoms with E-state index in [4.69, 9.17) is 34.8 Å². The number of carbonyl (C=O) groups excluding carboxylic acids is 1. The summed E-state index contributed by atoms with van der Waals surface area (Å²) in [5.41, 5.74) is 11.2. The van der Waals surface area contributed by atoms with E-state index >= 15 is 0 Å². The number of aryl methyl sites for hydroxylation is 1. The molecule has 4 aliphatic rings. The number of nitrogens with two attached hydrogens (primary N) is 1. The standard InChI is InChI=1S/C23H27N3O2.C12H17NO.C12H14O2.C6H10O3/c1-16-24-21-10-9-19(25(2)3)15-20(21)23(27)26(16)22(17-7-5-4-6-8-17)18-11-13-28-14-12-18;2*13-12(10-4-2-1-3-5-10)11-6-8-14-9-7-11;7-6(8)5-1-3-9-4-2-5/h4-10,15,18,22H,11-14H2,1-3H3;1-5,11-12H,6-9,13H2;1-5,11H,6-9H2;5H,1-4H2,(H,7,8). The molecule has 348 valence electrons. The summed E-state index contributed by atoms with van der Waals surface area (Å²) < 4.78 is 23.0. The van der Waals surface area contributed by atoms with E-state index in [-0.39, 0.29) is 35.3 Å². The Kier molecular flexibility index (Phi) is 19.3. The Hall–Kier alpha value is -5.24. The molecule has 5 aromatic rings. The number of Topliss-reactive ketones (excluding diaryl/α,β-unsaturated/α-hetero) is 1. The van der Waals surface area contributed by atoms with E-state index in [0.29, 0.717) is 43.3 Å². The first kappa shape index (κ1) is 49.2. The van der Waals surface area contributed by atoms with Gasteiger partial charge in [-0.3, -0.25) is 19.0 Å². The van der Waals surface area contributed by atoms with Crippen LogP contribution in [0.5, 0.6) is 0 Å². The van der Waals surface area contributed by atoms with Crippen molar-refractivity contribution in [3.63, 3.8) is 0 Å². The number of carboxylic acids is 1. The van der Waals surface area contributed by atoms with Crippen LogP contribution in [-0.4, -0.2) is 93.4 Å². The van der Waals surface area contributed by atoms with E-state index < -0.39 is 5.97 Å². The largest absolute Gasteiger partial charge is 0.481 e. The maximum absolute atomic E-state index is 13.7. The molecule has 9 rings (SSSR count). The zero-order valence-corrected chi connectivity index (χ0v) is 38.4. The van der Waals surface area contributed by atoms with Crippen molar-refractivity contribution in [1.29, 1.82) is 0 Å². The van der Waals surface area contributed by atoms with E-state index in [9.17, 15) is 14.4 Å². The van der Waals surface area contributed by atoms with Gasteiger partial charge in [-0.05, 0) is 99.5 Å². The molecule has 2 atom stereocenters. The molecule has 3 N–H and O–H groups in total. The summed E-state index contributed by atoms with van der Waals surface area (Å²) in [5.74, 6) is 1.31.